The lowest BCUT2D eigenvalue weighted by Gasteiger charge is -2.10. The Bertz CT molecular complexity index is 507. The summed E-state index contributed by atoms with van der Waals surface area (Å²) in [6, 6.07) is 3.22. The van der Waals surface area contributed by atoms with E-state index < -0.39 is 23.6 Å². The normalized spacial score (nSPS) is 10.8. The topological polar surface area (TPSA) is 70.3 Å². The van der Waals surface area contributed by atoms with Crippen molar-refractivity contribution in [2.24, 2.45) is 0 Å². The Labute approximate surface area is 107 Å². The van der Waals surface area contributed by atoms with Gasteiger partial charge in [0, 0.05) is 3.57 Å². The van der Waals surface area contributed by atoms with Crippen molar-refractivity contribution < 1.29 is 27.8 Å². The van der Waals surface area contributed by atoms with Gasteiger partial charge in [0.2, 0.25) is 0 Å². The molecule has 0 amide bonds. The molecule has 1 aromatic carbocycles. The molecule has 0 fully saturated rings. The molecular weight excluding hydrogens is 354 g/mol. The van der Waals surface area contributed by atoms with Gasteiger partial charge in [0.15, 0.2) is 0 Å². The summed E-state index contributed by atoms with van der Waals surface area (Å²) < 4.78 is 39.5. The smallest absolute Gasteiger partial charge is 0.478 e. The van der Waals surface area contributed by atoms with Crippen molar-refractivity contribution in [3.8, 4) is 11.8 Å². The molecule has 0 aliphatic rings. The summed E-state index contributed by atoms with van der Waals surface area (Å²) in [7, 11) is 0. The second-order valence-corrected chi connectivity index (χ2v) is 3.95. The van der Waals surface area contributed by atoms with Crippen molar-refractivity contribution in [3.05, 3.63) is 26.8 Å². The second kappa shape index (κ2) is 4.79. The highest BCUT2D eigenvalue weighted by Crippen LogP contribution is 2.28. The van der Waals surface area contributed by atoms with Gasteiger partial charge in [-0.3, -0.25) is 0 Å². The Kier molecular flexibility index (Phi) is 3.82. The van der Waals surface area contributed by atoms with E-state index in [1.54, 1.807) is 28.7 Å². The Morgan fingerprint density at radius 3 is 2.47 bits per heavy atom. The van der Waals surface area contributed by atoms with E-state index in [4.69, 9.17) is 10.4 Å². The number of nitriles is 1. The maximum atomic E-state index is 12.0. The monoisotopic (exact) mass is 357 g/mol. The lowest BCUT2D eigenvalue weighted by atomic mass is 10.1. The van der Waals surface area contributed by atoms with Crippen LogP contribution in [0.2, 0.25) is 0 Å². The van der Waals surface area contributed by atoms with E-state index in [2.05, 4.69) is 4.74 Å². The number of nitrogens with zero attached hydrogens (tertiary/aromatic N) is 1. The van der Waals surface area contributed by atoms with Crippen LogP contribution in [0.5, 0.6) is 5.75 Å². The average Bonchev–Trinajstić information content (AvgIpc) is 2.13. The zero-order valence-electron chi connectivity index (χ0n) is 7.88. The summed E-state index contributed by atoms with van der Waals surface area (Å²) in [5.41, 5.74) is -0.730. The number of benzene rings is 1. The highest BCUT2D eigenvalue weighted by Gasteiger charge is 2.32. The molecule has 4 nitrogen and oxygen atoms in total. The van der Waals surface area contributed by atoms with Crippen molar-refractivity contribution in [2.45, 2.75) is 6.36 Å². The Hall–Kier alpha value is -1.50. The molecule has 17 heavy (non-hydrogen) atoms. The molecule has 0 saturated carbocycles. The molecule has 0 saturated heterocycles. The largest absolute Gasteiger partial charge is 0.573 e. The third kappa shape index (κ3) is 3.48. The Morgan fingerprint density at radius 1 is 1.47 bits per heavy atom. The molecule has 90 valence electrons. The molecule has 0 atom stereocenters. The first-order chi connectivity index (χ1) is 7.74. The first kappa shape index (κ1) is 13.6. The standard InChI is InChI=1S/C9H3F3INO3/c10-9(11,12)17-4-1-5(8(15)16)6(3-14)7(13)2-4/h1-2H,(H,15,16). The van der Waals surface area contributed by atoms with Crippen LogP contribution in [-0.2, 0) is 0 Å². The van der Waals surface area contributed by atoms with Crippen LogP contribution in [0.25, 0.3) is 0 Å². The molecule has 1 N–H and O–H groups in total. The number of carboxylic acid groups (broad SMARTS) is 1. The summed E-state index contributed by atoms with van der Waals surface area (Å²) in [6.45, 7) is 0. The van der Waals surface area contributed by atoms with E-state index in [0.29, 0.717) is 6.07 Å². The fraction of sp³-hybridized carbons (Fsp3) is 0.111. The van der Waals surface area contributed by atoms with Crippen LogP contribution >= 0.6 is 22.6 Å². The number of alkyl halides is 3. The van der Waals surface area contributed by atoms with E-state index in [1.165, 1.54) is 0 Å². The van der Waals surface area contributed by atoms with Gasteiger partial charge in [0.05, 0.1) is 11.1 Å². The molecular formula is C9H3F3INO3. The van der Waals surface area contributed by atoms with Crippen molar-refractivity contribution >= 4 is 28.6 Å². The van der Waals surface area contributed by atoms with Gasteiger partial charge in [-0.25, -0.2) is 4.79 Å². The number of aromatic carboxylic acids is 1. The molecule has 0 bridgehead atoms. The molecule has 0 unspecified atom stereocenters. The van der Waals surface area contributed by atoms with Crippen molar-refractivity contribution in [2.75, 3.05) is 0 Å². The summed E-state index contributed by atoms with van der Waals surface area (Å²) in [4.78, 5) is 10.8. The second-order valence-electron chi connectivity index (χ2n) is 2.79. The molecule has 0 aliphatic carbocycles. The highest BCUT2D eigenvalue weighted by atomic mass is 127. The van der Waals surface area contributed by atoms with Crippen LogP contribution in [0.15, 0.2) is 12.1 Å². The maximum absolute atomic E-state index is 12.0. The van der Waals surface area contributed by atoms with Gasteiger partial charge in [0.25, 0.3) is 0 Å². The first-order valence-corrected chi connectivity index (χ1v) is 5.05. The molecule has 1 rings (SSSR count). The van der Waals surface area contributed by atoms with Crippen LogP contribution in [0.1, 0.15) is 15.9 Å². The van der Waals surface area contributed by atoms with Gasteiger partial charge >= 0.3 is 12.3 Å². The summed E-state index contributed by atoms with van der Waals surface area (Å²) >= 11 is 1.56. The van der Waals surface area contributed by atoms with Crippen molar-refractivity contribution in [1.82, 2.24) is 0 Å². The summed E-state index contributed by atoms with van der Waals surface area (Å²) in [6.07, 6.45) is -4.91. The SMILES string of the molecule is N#Cc1c(I)cc(OC(F)(F)F)cc1C(=O)O. The van der Waals surface area contributed by atoms with Crippen LogP contribution in [0.3, 0.4) is 0 Å². The van der Waals surface area contributed by atoms with Gasteiger partial charge in [-0.1, -0.05) is 0 Å². The fourth-order valence-corrected chi connectivity index (χ4v) is 1.77. The van der Waals surface area contributed by atoms with Crippen LogP contribution in [-0.4, -0.2) is 17.4 Å². The molecule has 0 aliphatic heterocycles. The van der Waals surface area contributed by atoms with Gasteiger partial charge < -0.3 is 9.84 Å². The van der Waals surface area contributed by atoms with Crippen LogP contribution in [0.4, 0.5) is 13.2 Å². The summed E-state index contributed by atoms with van der Waals surface area (Å²) in [5.74, 6) is -2.16. The van der Waals surface area contributed by atoms with E-state index in [-0.39, 0.29) is 9.13 Å². The third-order valence-corrected chi connectivity index (χ3v) is 2.49. The molecule has 0 aromatic heterocycles. The number of hydrogen-bond donors (Lipinski definition) is 1. The van der Waals surface area contributed by atoms with E-state index >= 15 is 0 Å². The van der Waals surface area contributed by atoms with Gasteiger partial charge in [-0.15, -0.1) is 13.2 Å². The number of halogens is 4. The minimum atomic E-state index is -4.91. The average molecular weight is 357 g/mol. The van der Waals surface area contributed by atoms with Gasteiger partial charge in [0.1, 0.15) is 11.8 Å². The van der Waals surface area contributed by atoms with Crippen molar-refractivity contribution in [3.63, 3.8) is 0 Å². The minimum Gasteiger partial charge on any atom is -0.478 e. The van der Waals surface area contributed by atoms with E-state index in [1.807, 2.05) is 0 Å². The van der Waals surface area contributed by atoms with E-state index in [0.717, 1.165) is 6.07 Å². The molecule has 1 aromatic rings. The number of ether oxygens (including phenoxy) is 1. The highest BCUT2D eigenvalue weighted by molar-refractivity contribution is 14.1. The molecule has 8 heteroatoms. The van der Waals surface area contributed by atoms with Crippen LogP contribution in [0, 0.1) is 14.9 Å². The predicted octanol–water partition coefficient (Wildman–Crippen LogP) is 2.76. The first-order valence-electron chi connectivity index (χ1n) is 3.97. The molecule has 0 radical (unpaired) electrons. The lowest BCUT2D eigenvalue weighted by molar-refractivity contribution is -0.274. The maximum Gasteiger partial charge on any atom is 0.573 e. The lowest BCUT2D eigenvalue weighted by Crippen LogP contribution is -2.18. The Morgan fingerprint density at radius 2 is 2.06 bits per heavy atom. The number of rotatable bonds is 2. The zero-order chi connectivity index (χ0) is 13.2. The van der Waals surface area contributed by atoms with Crippen LogP contribution < -0.4 is 4.74 Å². The van der Waals surface area contributed by atoms with Gasteiger partial charge in [-0.05, 0) is 34.7 Å². The predicted molar refractivity (Wildman–Crippen MR) is 57.5 cm³/mol. The number of carboxylic acids is 1. The minimum absolute atomic E-state index is 0.0734. The quantitative estimate of drug-likeness (QED) is 0.827. The molecule has 0 spiro atoms. The fourth-order valence-electron chi connectivity index (χ4n) is 1.06. The molecule has 0 heterocycles. The summed E-state index contributed by atoms with van der Waals surface area (Å²) in [5, 5.41) is 17.4. The van der Waals surface area contributed by atoms with Crippen molar-refractivity contribution in [1.29, 1.82) is 5.26 Å². The van der Waals surface area contributed by atoms with Gasteiger partial charge in [-0.2, -0.15) is 5.26 Å². The Balaban J connectivity index is 3.31. The number of hydrogen-bond acceptors (Lipinski definition) is 3. The number of carbonyl (C=O) groups is 1. The third-order valence-electron chi connectivity index (χ3n) is 1.64. The zero-order valence-corrected chi connectivity index (χ0v) is 10.0. The van der Waals surface area contributed by atoms with E-state index in [9.17, 15) is 18.0 Å².